The molecule has 0 saturated carbocycles. The number of aliphatic hydroxyl groups is 1. The standard InChI is InChI=1S/C22H28N2O2/c1-16(25)21-23-19-8-5-6-9-20(19)24(21)14-7-15-26-18-12-10-17(11-13-18)22(2,3)4/h5-6,8-13,16,25H,7,14-15H2,1-4H3. The van der Waals surface area contributed by atoms with Crippen LogP contribution >= 0.6 is 0 Å². The molecule has 0 radical (unpaired) electrons. The summed E-state index contributed by atoms with van der Waals surface area (Å²) in [7, 11) is 0. The normalized spacial score (nSPS) is 13.1. The van der Waals surface area contributed by atoms with E-state index in [0.29, 0.717) is 12.4 Å². The minimum atomic E-state index is -0.590. The van der Waals surface area contributed by atoms with Gasteiger partial charge in [-0.1, -0.05) is 45.0 Å². The number of aryl methyl sites for hydroxylation is 1. The zero-order valence-electron chi connectivity index (χ0n) is 16.1. The Balaban J connectivity index is 1.62. The predicted molar refractivity (Wildman–Crippen MR) is 106 cm³/mol. The van der Waals surface area contributed by atoms with E-state index in [9.17, 15) is 5.11 Å². The molecular formula is C22H28N2O2. The van der Waals surface area contributed by atoms with Crippen LogP contribution in [-0.4, -0.2) is 21.3 Å². The van der Waals surface area contributed by atoms with Gasteiger partial charge in [0.05, 0.1) is 17.6 Å². The Kier molecular flexibility index (Phi) is 5.33. The van der Waals surface area contributed by atoms with E-state index < -0.39 is 6.10 Å². The van der Waals surface area contributed by atoms with Crippen LogP contribution in [0.25, 0.3) is 11.0 Å². The van der Waals surface area contributed by atoms with Gasteiger partial charge in [0.2, 0.25) is 0 Å². The summed E-state index contributed by atoms with van der Waals surface area (Å²) < 4.78 is 7.98. The number of benzene rings is 2. The van der Waals surface area contributed by atoms with Gasteiger partial charge in [-0.25, -0.2) is 4.98 Å². The SMILES string of the molecule is CC(O)c1nc2ccccc2n1CCCOc1ccc(C(C)(C)C)cc1. The zero-order valence-corrected chi connectivity index (χ0v) is 16.1. The van der Waals surface area contributed by atoms with Crippen LogP contribution in [0.1, 0.15) is 51.6 Å². The highest BCUT2D eigenvalue weighted by Crippen LogP contribution is 2.24. The molecule has 0 saturated heterocycles. The number of aromatic nitrogens is 2. The number of rotatable bonds is 6. The van der Waals surface area contributed by atoms with Crippen LogP contribution in [0.3, 0.4) is 0 Å². The van der Waals surface area contributed by atoms with Gasteiger partial charge in [0.1, 0.15) is 17.7 Å². The molecule has 3 aromatic rings. The lowest BCUT2D eigenvalue weighted by atomic mass is 9.87. The first-order valence-electron chi connectivity index (χ1n) is 9.23. The Hall–Kier alpha value is -2.33. The lowest BCUT2D eigenvalue weighted by molar-refractivity contribution is 0.183. The van der Waals surface area contributed by atoms with Crippen molar-refractivity contribution in [3.05, 3.63) is 59.9 Å². The van der Waals surface area contributed by atoms with Crippen molar-refractivity contribution in [2.75, 3.05) is 6.61 Å². The monoisotopic (exact) mass is 352 g/mol. The van der Waals surface area contributed by atoms with E-state index in [1.807, 2.05) is 36.4 Å². The van der Waals surface area contributed by atoms with Gasteiger partial charge in [-0.05, 0) is 48.6 Å². The third-order valence-electron chi connectivity index (χ3n) is 4.57. The Labute approximate surface area is 155 Å². The summed E-state index contributed by atoms with van der Waals surface area (Å²) in [6.07, 6.45) is 0.259. The smallest absolute Gasteiger partial charge is 0.138 e. The molecule has 1 N–H and O–H groups in total. The average Bonchev–Trinajstić information content (AvgIpc) is 2.97. The van der Waals surface area contributed by atoms with Crippen molar-refractivity contribution >= 4 is 11.0 Å². The van der Waals surface area contributed by atoms with Gasteiger partial charge in [-0.2, -0.15) is 0 Å². The highest BCUT2D eigenvalue weighted by molar-refractivity contribution is 5.75. The molecule has 2 aromatic carbocycles. The van der Waals surface area contributed by atoms with Gasteiger partial charge in [0.25, 0.3) is 0 Å². The highest BCUT2D eigenvalue weighted by Gasteiger charge is 2.15. The van der Waals surface area contributed by atoms with Gasteiger partial charge in [0, 0.05) is 6.54 Å². The highest BCUT2D eigenvalue weighted by atomic mass is 16.5. The number of imidazole rings is 1. The summed E-state index contributed by atoms with van der Waals surface area (Å²) in [5, 5.41) is 10.0. The van der Waals surface area contributed by atoms with Gasteiger partial charge in [0.15, 0.2) is 0 Å². The van der Waals surface area contributed by atoms with Gasteiger partial charge in [-0.3, -0.25) is 0 Å². The summed E-state index contributed by atoms with van der Waals surface area (Å²) in [4.78, 5) is 4.55. The molecule has 0 bridgehead atoms. The molecule has 4 nitrogen and oxygen atoms in total. The zero-order chi connectivity index (χ0) is 18.7. The molecule has 0 aliphatic rings. The van der Waals surface area contributed by atoms with Crippen LogP contribution < -0.4 is 4.74 Å². The fourth-order valence-electron chi connectivity index (χ4n) is 3.11. The molecule has 138 valence electrons. The van der Waals surface area contributed by atoms with Crippen LogP contribution in [0, 0.1) is 0 Å². The molecule has 1 unspecified atom stereocenters. The molecule has 1 aromatic heterocycles. The van der Waals surface area contributed by atoms with Gasteiger partial charge < -0.3 is 14.4 Å². The number of para-hydroxylation sites is 2. The van der Waals surface area contributed by atoms with Crippen molar-refractivity contribution in [3.63, 3.8) is 0 Å². The summed E-state index contributed by atoms with van der Waals surface area (Å²) in [6, 6.07) is 16.3. The van der Waals surface area contributed by atoms with Crippen LogP contribution in [0.4, 0.5) is 0 Å². The van der Waals surface area contributed by atoms with E-state index >= 15 is 0 Å². The van der Waals surface area contributed by atoms with Crippen LogP contribution in [0.2, 0.25) is 0 Å². The number of nitrogens with zero attached hydrogens (tertiary/aromatic N) is 2. The van der Waals surface area contributed by atoms with E-state index in [4.69, 9.17) is 4.74 Å². The first kappa shape index (κ1) is 18.5. The van der Waals surface area contributed by atoms with Crippen molar-refractivity contribution in [1.82, 2.24) is 9.55 Å². The molecule has 1 heterocycles. The number of hydrogen-bond acceptors (Lipinski definition) is 3. The van der Waals surface area contributed by atoms with E-state index in [1.54, 1.807) is 6.92 Å². The number of hydrogen-bond donors (Lipinski definition) is 1. The lowest BCUT2D eigenvalue weighted by Crippen LogP contribution is -2.11. The summed E-state index contributed by atoms with van der Waals surface area (Å²) in [6.45, 7) is 9.76. The minimum Gasteiger partial charge on any atom is -0.494 e. The van der Waals surface area contributed by atoms with E-state index in [0.717, 1.165) is 29.7 Å². The Morgan fingerprint density at radius 3 is 2.42 bits per heavy atom. The Morgan fingerprint density at radius 1 is 1.08 bits per heavy atom. The fraction of sp³-hybridized carbons (Fsp3) is 0.409. The summed E-state index contributed by atoms with van der Waals surface area (Å²) in [5.74, 6) is 1.60. The topological polar surface area (TPSA) is 47.3 Å². The quantitative estimate of drug-likeness (QED) is 0.645. The lowest BCUT2D eigenvalue weighted by Gasteiger charge is -2.19. The molecule has 0 fully saturated rings. The molecule has 0 amide bonds. The fourth-order valence-corrected chi connectivity index (χ4v) is 3.11. The Morgan fingerprint density at radius 2 is 1.77 bits per heavy atom. The first-order chi connectivity index (χ1) is 12.4. The second kappa shape index (κ2) is 7.50. The molecular weight excluding hydrogens is 324 g/mol. The maximum atomic E-state index is 10.0. The number of fused-ring (bicyclic) bond motifs is 1. The molecule has 1 atom stereocenters. The third-order valence-corrected chi connectivity index (χ3v) is 4.57. The second-order valence-corrected chi connectivity index (χ2v) is 7.76. The number of aliphatic hydroxyl groups excluding tert-OH is 1. The van der Waals surface area contributed by atoms with Crippen LogP contribution in [0.15, 0.2) is 48.5 Å². The third kappa shape index (κ3) is 4.07. The Bertz CT molecular complexity index is 858. The van der Waals surface area contributed by atoms with Crippen molar-refractivity contribution in [2.24, 2.45) is 0 Å². The first-order valence-corrected chi connectivity index (χ1v) is 9.23. The van der Waals surface area contributed by atoms with Crippen molar-refractivity contribution < 1.29 is 9.84 Å². The van der Waals surface area contributed by atoms with E-state index in [1.165, 1.54) is 5.56 Å². The second-order valence-electron chi connectivity index (χ2n) is 7.76. The molecule has 3 rings (SSSR count). The molecule has 26 heavy (non-hydrogen) atoms. The van der Waals surface area contributed by atoms with Crippen molar-refractivity contribution in [3.8, 4) is 5.75 Å². The van der Waals surface area contributed by atoms with Gasteiger partial charge >= 0.3 is 0 Å². The van der Waals surface area contributed by atoms with Gasteiger partial charge in [-0.15, -0.1) is 0 Å². The number of ether oxygens (including phenoxy) is 1. The maximum absolute atomic E-state index is 10.0. The van der Waals surface area contributed by atoms with E-state index in [-0.39, 0.29) is 5.41 Å². The van der Waals surface area contributed by atoms with Crippen LogP contribution in [0.5, 0.6) is 5.75 Å². The maximum Gasteiger partial charge on any atom is 0.138 e. The van der Waals surface area contributed by atoms with Crippen molar-refractivity contribution in [2.45, 2.75) is 52.2 Å². The summed E-state index contributed by atoms with van der Waals surface area (Å²) >= 11 is 0. The summed E-state index contributed by atoms with van der Waals surface area (Å²) in [5.41, 5.74) is 3.43. The van der Waals surface area contributed by atoms with Crippen LogP contribution in [-0.2, 0) is 12.0 Å². The average molecular weight is 352 g/mol. The molecule has 0 spiro atoms. The van der Waals surface area contributed by atoms with Crippen molar-refractivity contribution in [1.29, 1.82) is 0 Å². The molecule has 0 aliphatic carbocycles. The molecule has 0 aliphatic heterocycles. The van der Waals surface area contributed by atoms with E-state index in [2.05, 4.69) is 42.5 Å². The minimum absolute atomic E-state index is 0.151. The molecule has 4 heteroatoms. The largest absolute Gasteiger partial charge is 0.494 e. The predicted octanol–water partition coefficient (Wildman–Crippen LogP) is 4.86.